The summed E-state index contributed by atoms with van der Waals surface area (Å²) in [5, 5.41) is 3.58. The van der Waals surface area contributed by atoms with Crippen LogP contribution in [0, 0.1) is 0 Å². The van der Waals surface area contributed by atoms with Crippen molar-refractivity contribution in [2.45, 2.75) is 17.3 Å². The van der Waals surface area contributed by atoms with Crippen LogP contribution in [0.15, 0.2) is 97.1 Å². The molecule has 0 bridgehead atoms. The molecule has 132 valence electrons. The van der Waals surface area contributed by atoms with Crippen LogP contribution in [0.4, 0.5) is 0 Å². The van der Waals surface area contributed by atoms with Crippen LogP contribution in [0.1, 0.15) is 11.1 Å². The van der Waals surface area contributed by atoms with Crippen LogP contribution in [0.5, 0.6) is 5.75 Å². The molecule has 0 amide bonds. The van der Waals surface area contributed by atoms with Crippen molar-refractivity contribution in [1.82, 2.24) is 0 Å². The fourth-order valence-electron chi connectivity index (χ4n) is 3.82. The van der Waals surface area contributed by atoms with Gasteiger partial charge in [-0.1, -0.05) is 0 Å². The molecular formula is C25H20OSe. The predicted molar refractivity (Wildman–Crippen MR) is 113 cm³/mol. The van der Waals surface area contributed by atoms with Crippen molar-refractivity contribution in [2.24, 2.45) is 0 Å². The van der Waals surface area contributed by atoms with E-state index in [1.165, 1.54) is 26.4 Å². The average molecular weight is 415 g/mol. The Hall–Kier alpha value is -2.54. The number of hydrogen-bond donors (Lipinski definition) is 0. The molecule has 1 unspecified atom stereocenters. The molecule has 0 aliphatic carbocycles. The zero-order chi connectivity index (χ0) is 18.1. The van der Waals surface area contributed by atoms with E-state index in [-0.39, 0.29) is 5.60 Å². The summed E-state index contributed by atoms with van der Waals surface area (Å²) >= 11 is 0.356. The van der Waals surface area contributed by atoms with Gasteiger partial charge in [0, 0.05) is 0 Å². The number of fused-ring (bicyclic) bond motifs is 2. The van der Waals surface area contributed by atoms with Crippen LogP contribution in [0.3, 0.4) is 0 Å². The molecule has 2 heteroatoms. The summed E-state index contributed by atoms with van der Waals surface area (Å²) in [6.07, 6.45) is 0.941. The molecule has 1 atom stereocenters. The Bertz CT molecular complexity index is 1060. The zero-order valence-corrected chi connectivity index (χ0v) is 16.7. The molecule has 4 aromatic carbocycles. The number of rotatable bonds is 4. The van der Waals surface area contributed by atoms with E-state index in [0.717, 1.165) is 17.5 Å². The van der Waals surface area contributed by atoms with Gasteiger partial charge in [-0.15, -0.1) is 0 Å². The Morgan fingerprint density at radius 2 is 1.48 bits per heavy atom. The fourth-order valence-corrected chi connectivity index (χ4v) is 6.08. The first-order valence-electron chi connectivity index (χ1n) is 9.27. The molecule has 27 heavy (non-hydrogen) atoms. The molecule has 0 fully saturated rings. The van der Waals surface area contributed by atoms with E-state index >= 15 is 0 Å². The van der Waals surface area contributed by atoms with Gasteiger partial charge in [0.25, 0.3) is 0 Å². The van der Waals surface area contributed by atoms with Crippen molar-refractivity contribution < 1.29 is 4.74 Å². The molecule has 1 nitrogen and oxygen atoms in total. The van der Waals surface area contributed by atoms with Gasteiger partial charge < -0.3 is 0 Å². The van der Waals surface area contributed by atoms with E-state index < -0.39 is 0 Å². The number of benzene rings is 4. The average Bonchev–Trinajstić information content (AvgIpc) is 3.13. The summed E-state index contributed by atoms with van der Waals surface area (Å²) in [5.41, 5.74) is 2.33. The van der Waals surface area contributed by atoms with Crippen LogP contribution in [-0.2, 0) is 12.0 Å². The molecule has 0 radical (unpaired) electrons. The standard InChI is InChI=1S/C25H20OSe/c1-2-11-23(12-3-1)27-18-25(17-21-10-6-7-13-24(21)26-25)22-15-14-19-8-4-5-9-20(19)16-22/h1-16H,17-18H2. The van der Waals surface area contributed by atoms with Crippen molar-refractivity contribution in [1.29, 1.82) is 0 Å². The zero-order valence-electron chi connectivity index (χ0n) is 15.0. The van der Waals surface area contributed by atoms with Crippen molar-refractivity contribution in [3.05, 3.63) is 108 Å². The van der Waals surface area contributed by atoms with Gasteiger partial charge in [-0.05, 0) is 0 Å². The maximum absolute atomic E-state index is 6.67. The number of para-hydroxylation sites is 1. The van der Waals surface area contributed by atoms with Crippen molar-refractivity contribution in [2.75, 3.05) is 0 Å². The monoisotopic (exact) mass is 416 g/mol. The molecule has 0 N–H and O–H groups in total. The van der Waals surface area contributed by atoms with Crippen molar-refractivity contribution >= 4 is 30.2 Å². The molecule has 1 aliphatic heterocycles. The molecule has 1 heterocycles. The van der Waals surface area contributed by atoms with Crippen LogP contribution >= 0.6 is 0 Å². The first-order valence-corrected chi connectivity index (χ1v) is 11.3. The second-order valence-corrected chi connectivity index (χ2v) is 9.24. The fraction of sp³-hybridized carbons (Fsp3) is 0.120. The Kier molecular flexibility index (Phi) is 4.24. The molecule has 4 aromatic rings. The Morgan fingerprint density at radius 1 is 0.741 bits per heavy atom. The normalized spacial score (nSPS) is 18.2. The van der Waals surface area contributed by atoms with E-state index in [1.54, 1.807) is 0 Å². The molecule has 0 spiro atoms. The van der Waals surface area contributed by atoms with Crippen molar-refractivity contribution in [3.8, 4) is 5.75 Å². The van der Waals surface area contributed by atoms with Gasteiger partial charge in [0.1, 0.15) is 0 Å². The van der Waals surface area contributed by atoms with Gasteiger partial charge in [0.15, 0.2) is 0 Å². The van der Waals surface area contributed by atoms with Gasteiger partial charge in [-0.3, -0.25) is 0 Å². The Morgan fingerprint density at radius 3 is 2.33 bits per heavy atom. The first-order chi connectivity index (χ1) is 13.3. The Labute approximate surface area is 166 Å². The summed E-state index contributed by atoms with van der Waals surface area (Å²) in [6, 6.07) is 34.7. The summed E-state index contributed by atoms with van der Waals surface area (Å²) in [4.78, 5) is 0. The van der Waals surface area contributed by atoms with Gasteiger partial charge >= 0.3 is 166 Å². The van der Waals surface area contributed by atoms with Crippen LogP contribution in [-0.4, -0.2) is 15.0 Å². The molecular weight excluding hydrogens is 395 g/mol. The third kappa shape index (κ3) is 3.16. The quantitative estimate of drug-likeness (QED) is 0.421. The summed E-state index contributed by atoms with van der Waals surface area (Å²) < 4.78 is 8.09. The SMILES string of the molecule is c1ccc([Se]CC2(c3ccc4ccccc4c3)Cc3ccccc3O2)cc1. The van der Waals surface area contributed by atoms with Gasteiger partial charge in [-0.25, -0.2) is 0 Å². The van der Waals surface area contributed by atoms with E-state index in [0.29, 0.717) is 15.0 Å². The number of ether oxygens (including phenoxy) is 1. The summed E-state index contributed by atoms with van der Waals surface area (Å²) in [7, 11) is 0. The molecule has 0 aromatic heterocycles. The van der Waals surface area contributed by atoms with E-state index in [1.807, 2.05) is 0 Å². The third-order valence-electron chi connectivity index (χ3n) is 5.24. The van der Waals surface area contributed by atoms with E-state index in [2.05, 4.69) is 97.1 Å². The predicted octanol–water partition coefficient (Wildman–Crippen LogP) is 5.12. The Balaban J connectivity index is 1.55. The van der Waals surface area contributed by atoms with E-state index in [9.17, 15) is 0 Å². The minimum absolute atomic E-state index is 0.274. The first kappa shape index (κ1) is 16.6. The topological polar surface area (TPSA) is 9.23 Å². The summed E-state index contributed by atoms with van der Waals surface area (Å²) in [6.45, 7) is 0. The third-order valence-corrected chi connectivity index (χ3v) is 7.80. The number of hydrogen-bond acceptors (Lipinski definition) is 1. The second kappa shape index (κ2) is 6.88. The molecule has 0 saturated carbocycles. The van der Waals surface area contributed by atoms with E-state index in [4.69, 9.17) is 4.74 Å². The van der Waals surface area contributed by atoms with Gasteiger partial charge in [0.2, 0.25) is 0 Å². The van der Waals surface area contributed by atoms with Crippen molar-refractivity contribution in [3.63, 3.8) is 0 Å². The van der Waals surface area contributed by atoms with Gasteiger partial charge in [0.05, 0.1) is 0 Å². The molecule has 0 saturated heterocycles. The van der Waals surface area contributed by atoms with Crippen LogP contribution in [0.2, 0.25) is 5.32 Å². The minimum atomic E-state index is -0.274. The van der Waals surface area contributed by atoms with Crippen LogP contribution < -0.4 is 9.20 Å². The maximum atomic E-state index is 6.67. The van der Waals surface area contributed by atoms with Gasteiger partial charge in [-0.2, -0.15) is 0 Å². The molecule has 1 aliphatic rings. The second-order valence-electron chi connectivity index (χ2n) is 7.04. The summed E-state index contributed by atoms with van der Waals surface area (Å²) in [5.74, 6) is 1.04. The van der Waals surface area contributed by atoms with Crippen LogP contribution in [0.25, 0.3) is 10.8 Å². The molecule has 5 rings (SSSR count).